The molecule has 0 saturated carbocycles. The van der Waals surface area contributed by atoms with Crippen LogP contribution in [-0.2, 0) is 9.59 Å². The van der Waals surface area contributed by atoms with Crippen molar-refractivity contribution in [2.24, 2.45) is 0 Å². The van der Waals surface area contributed by atoms with Crippen molar-refractivity contribution < 1.29 is 9.59 Å². The molecule has 1 aliphatic heterocycles. The Bertz CT molecular complexity index is 496. The van der Waals surface area contributed by atoms with Crippen LogP contribution in [0.3, 0.4) is 0 Å². The summed E-state index contributed by atoms with van der Waals surface area (Å²) >= 11 is 0. The summed E-state index contributed by atoms with van der Waals surface area (Å²) in [4.78, 5) is 27.8. The minimum Gasteiger partial charge on any atom is -0.378 e. The molecule has 1 N–H and O–H groups in total. The molecular weight excluding hydrogens is 254 g/mol. The predicted octanol–water partition coefficient (Wildman–Crippen LogP) is 1.38. The summed E-state index contributed by atoms with van der Waals surface area (Å²) in [5.74, 6) is -0.0893. The van der Waals surface area contributed by atoms with Crippen LogP contribution in [0.15, 0.2) is 24.3 Å². The Morgan fingerprint density at radius 2 is 1.90 bits per heavy atom. The van der Waals surface area contributed by atoms with Gasteiger partial charge in [-0.25, -0.2) is 0 Å². The van der Waals surface area contributed by atoms with Crippen molar-refractivity contribution in [1.82, 2.24) is 5.32 Å². The third-order valence-electron chi connectivity index (χ3n) is 3.55. The maximum atomic E-state index is 12.4. The lowest BCUT2D eigenvalue weighted by Crippen LogP contribution is -2.44. The monoisotopic (exact) mass is 275 g/mol. The van der Waals surface area contributed by atoms with Crippen LogP contribution < -0.4 is 15.1 Å². The third-order valence-corrected chi connectivity index (χ3v) is 3.55. The predicted molar refractivity (Wildman–Crippen MR) is 80.0 cm³/mol. The maximum Gasteiger partial charge on any atom is 0.249 e. The zero-order valence-corrected chi connectivity index (χ0v) is 12.2. The van der Waals surface area contributed by atoms with Crippen LogP contribution in [0.5, 0.6) is 0 Å². The van der Waals surface area contributed by atoms with Crippen molar-refractivity contribution in [1.29, 1.82) is 0 Å². The molecule has 1 aromatic carbocycles. The van der Waals surface area contributed by atoms with Crippen LogP contribution in [0.1, 0.15) is 19.8 Å². The van der Waals surface area contributed by atoms with Crippen molar-refractivity contribution in [3.05, 3.63) is 24.3 Å². The SMILES string of the molecule is CCC1NC(=O)CCN(c2ccc(N(C)C)cc2)C1=O. The van der Waals surface area contributed by atoms with Gasteiger partial charge in [-0.2, -0.15) is 0 Å². The van der Waals surface area contributed by atoms with Crippen LogP contribution >= 0.6 is 0 Å². The van der Waals surface area contributed by atoms with Gasteiger partial charge in [0.15, 0.2) is 0 Å². The van der Waals surface area contributed by atoms with E-state index in [4.69, 9.17) is 0 Å². The molecule has 1 saturated heterocycles. The fourth-order valence-electron chi connectivity index (χ4n) is 2.30. The number of nitrogens with one attached hydrogen (secondary N) is 1. The molecule has 1 fully saturated rings. The third kappa shape index (κ3) is 2.92. The van der Waals surface area contributed by atoms with E-state index in [-0.39, 0.29) is 11.8 Å². The second-order valence-corrected chi connectivity index (χ2v) is 5.18. The van der Waals surface area contributed by atoms with E-state index < -0.39 is 6.04 Å². The van der Waals surface area contributed by atoms with E-state index in [2.05, 4.69) is 5.32 Å². The van der Waals surface area contributed by atoms with Gasteiger partial charge in [-0.15, -0.1) is 0 Å². The minimum absolute atomic E-state index is 0.0315. The number of hydrogen-bond donors (Lipinski definition) is 1. The van der Waals surface area contributed by atoms with Gasteiger partial charge < -0.3 is 15.1 Å². The molecule has 20 heavy (non-hydrogen) atoms. The first-order chi connectivity index (χ1) is 9.52. The Morgan fingerprint density at radius 3 is 2.45 bits per heavy atom. The summed E-state index contributed by atoms with van der Waals surface area (Å²) < 4.78 is 0. The van der Waals surface area contributed by atoms with Gasteiger partial charge in [-0.05, 0) is 30.7 Å². The molecule has 0 aromatic heterocycles. The summed E-state index contributed by atoms with van der Waals surface area (Å²) in [6.45, 7) is 2.34. The second kappa shape index (κ2) is 5.94. The average Bonchev–Trinajstić information content (AvgIpc) is 2.58. The number of carbonyl (C=O) groups is 2. The highest BCUT2D eigenvalue weighted by Crippen LogP contribution is 2.22. The van der Waals surface area contributed by atoms with E-state index in [9.17, 15) is 9.59 Å². The van der Waals surface area contributed by atoms with Crippen molar-refractivity contribution in [2.45, 2.75) is 25.8 Å². The first-order valence-corrected chi connectivity index (χ1v) is 6.91. The number of anilines is 2. The molecule has 1 unspecified atom stereocenters. The summed E-state index contributed by atoms with van der Waals surface area (Å²) in [5.41, 5.74) is 1.92. The molecule has 1 atom stereocenters. The fraction of sp³-hybridized carbons (Fsp3) is 0.467. The van der Waals surface area contributed by atoms with Crippen LogP contribution in [-0.4, -0.2) is 38.5 Å². The largest absolute Gasteiger partial charge is 0.378 e. The lowest BCUT2D eigenvalue weighted by atomic mass is 10.2. The Morgan fingerprint density at radius 1 is 1.25 bits per heavy atom. The van der Waals surface area contributed by atoms with Crippen LogP contribution in [0.4, 0.5) is 11.4 Å². The quantitative estimate of drug-likeness (QED) is 0.907. The van der Waals surface area contributed by atoms with E-state index in [1.807, 2.05) is 50.2 Å². The number of benzene rings is 1. The van der Waals surface area contributed by atoms with E-state index in [1.165, 1.54) is 0 Å². The van der Waals surface area contributed by atoms with Gasteiger partial charge in [0.2, 0.25) is 11.8 Å². The van der Waals surface area contributed by atoms with Gasteiger partial charge in [0.05, 0.1) is 0 Å². The molecule has 1 aromatic rings. The highest BCUT2D eigenvalue weighted by atomic mass is 16.2. The Labute approximate surface area is 119 Å². The lowest BCUT2D eigenvalue weighted by molar-refractivity contribution is -0.125. The van der Waals surface area contributed by atoms with Crippen LogP contribution in [0.25, 0.3) is 0 Å². The van der Waals surface area contributed by atoms with Crippen molar-refractivity contribution in [3.8, 4) is 0 Å². The van der Waals surface area contributed by atoms with Gasteiger partial charge in [0.1, 0.15) is 6.04 Å². The molecule has 5 heteroatoms. The number of amides is 2. The summed E-state index contributed by atoms with van der Waals surface area (Å²) in [7, 11) is 3.95. The molecule has 0 radical (unpaired) electrons. The van der Waals surface area contributed by atoms with E-state index in [0.717, 1.165) is 11.4 Å². The fourth-order valence-corrected chi connectivity index (χ4v) is 2.30. The Kier molecular flexibility index (Phi) is 4.27. The number of carbonyl (C=O) groups excluding carboxylic acids is 2. The maximum absolute atomic E-state index is 12.4. The van der Waals surface area contributed by atoms with Crippen LogP contribution in [0, 0.1) is 0 Å². The van der Waals surface area contributed by atoms with E-state index in [0.29, 0.717) is 19.4 Å². The zero-order chi connectivity index (χ0) is 14.7. The number of nitrogens with zero attached hydrogens (tertiary/aromatic N) is 2. The normalized spacial score (nSPS) is 19.6. The van der Waals surface area contributed by atoms with E-state index in [1.54, 1.807) is 4.90 Å². The Balaban J connectivity index is 2.25. The molecule has 0 aliphatic carbocycles. The molecule has 1 aliphatic rings. The number of hydrogen-bond acceptors (Lipinski definition) is 3. The topological polar surface area (TPSA) is 52.7 Å². The zero-order valence-electron chi connectivity index (χ0n) is 12.2. The van der Waals surface area contributed by atoms with Gasteiger partial charge in [-0.1, -0.05) is 6.92 Å². The van der Waals surface area contributed by atoms with Gasteiger partial charge in [0.25, 0.3) is 0 Å². The highest BCUT2D eigenvalue weighted by Gasteiger charge is 2.29. The molecule has 2 rings (SSSR count). The van der Waals surface area contributed by atoms with Gasteiger partial charge in [0, 0.05) is 38.4 Å². The standard InChI is InChI=1S/C15H21N3O2/c1-4-13-15(20)18(10-9-14(19)16-13)12-7-5-11(6-8-12)17(2)3/h5-8,13H,4,9-10H2,1-3H3,(H,16,19). The molecule has 0 bridgehead atoms. The summed E-state index contributed by atoms with van der Waals surface area (Å²) in [5, 5.41) is 2.77. The number of rotatable bonds is 3. The van der Waals surface area contributed by atoms with Crippen molar-refractivity contribution in [3.63, 3.8) is 0 Å². The van der Waals surface area contributed by atoms with E-state index >= 15 is 0 Å². The van der Waals surface area contributed by atoms with Gasteiger partial charge in [-0.3, -0.25) is 9.59 Å². The molecule has 108 valence electrons. The first kappa shape index (κ1) is 14.4. The first-order valence-electron chi connectivity index (χ1n) is 6.91. The van der Waals surface area contributed by atoms with Gasteiger partial charge >= 0.3 is 0 Å². The molecule has 1 heterocycles. The van der Waals surface area contributed by atoms with Crippen molar-refractivity contribution >= 4 is 23.2 Å². The molecule has 0 spiro atoms. The molecule has 2 amide bonds. The summed E-state index contributed by atoms with van der Waals surface area (Å²) in [6, 6.07) is 7.39. The molecule has 5 nitrogen and oxygen atoms in total. The lowest BCUT2D eigenvalue weighted by Gasteiger charge is -2.24. The van der Waals surface area contributed by atoms with Crippen molar-refractivity contribution in [2.75, 3.05) is 30.4 Å². The van der Waals surface area contributed by atoms with Crippen LogP contribution in [0.2, 0.25) is 0 Å². The Hall–Kier alpha value is -2.04. The molecular formula is C15H21N3O2. The highest BCUT2D eigenvalue weighted by molar-refractivity contribution is 6.01. The average molecular weight is 275 g/mol. The minimum atomic E-state index is -0.418. The summed E-state index contributed by atoms with van der Waals surface area (Å²) in [6.07, 6.45) is 0.953. The smallest absolute Gasteiger partial charge is 0.249 e. The second-order valence-electron chi connectivity index (χ2n) is 5.18.